The normalized spacial score (nSPS) is 21.5. The van der Waals surface area contributed by atoms with Crippen LogP contribution in [0.1, 0.15) is 13.3 Å². The van der Waals surface area contributed by atoms with Gasteiger partial charge < -0.3 is 20.3 Å². The molecule has 2 fully saturated rings. The number of morpholine rings is 1. The largest absolute Gasteiger partial charge is 0.379 e. The quantitative estimate of drug-likeness (QED) is 0.505. The Morgan fingerprint density at radius 1 is 1.19 bits per heavy atom. The van der Waals surface area contributed by atoms with Crippen molar-refractivity contribution < 1.29 is 4.74 Å². The molecule has 0 aliphatic carbocycles. The second-order valence-electron chi connectivity index (χ2n) is 7.18. The summed E-state index contributed by atoms with van der Waals surface area (Å²) < 4.78 is 6.53. The number of halogens is 1. The predicted octanol–water partition coefficient (Wildman–Crippen LogP) is 2.16. The third-order valence-electron chi connectivity index (χ3n) is 5.15. The summed E-state index contributed by atoms with van der Waals surface area (Å²) in [6, 6.07) is 8.60. The molecule has 0 saturated carbocycles. The Morgan fingerprint density at radius 3 is 2.70 bits per heavy atom. The molecule has 0 aromatic heterocycles. The average molecular weight is 438 g/mol. The lowest BCUT2D eigenvalue weighted by Crippen LogP contribution is -2.44. The minimum absolute atomic E-state index is 0.614. The van der Waals surface area contributed by atoms with Gasteiger partial charge in [-0.05, 0) is 43.5 Å². The van der Waals surface area contributed by atoms with Crippen LogP contribution in [0.2, 0.25) is 0 Å². The monoisotopic (exact) mass is 437 g/mol. The van der Waals surface area contributed by atoms with Gasteiger partial charge in [-0.25, -0.2) is 0 Å². The Kier molecular flexibility index (Phi) is 8.23. The van der Waals surface area contributed by atoms with Crippen LogP contribution in [-0.4, -0.2) is 76.4 Å². The summed E-state index contributed by atoms with van der Waals surface area (Å²) in [7, 11) is 0. The van der Waals surface area contributed by atoms with Gasteiger partial charge in [-0.15, -0.1) is 0 Å². The fraction of sp³-hybridized carbons (Fsp3) is 0.650. The maximum atomic E-state index is 5.40. The molecule has 1 atom stereocenters. The lowest BCUT2D eigenvalue weighted by atomic mass is 10.1. The zero-order valence-corrected chi connectivity index (χ0v) is 17.9. The first-order valence-electron chi connectivity index (χ1n) is 10.1. The van der Waals surface area contributed by atoms with Crippen molar-refractivity contribution in [2.24, 2.45) is 10.9 Å². The lowest BCUT2D eigenvalue weighted by molar-refractivity contribution is 0.0389. The summed E-state index contributed by atoms with van der Waals surface area (Å²) in [5.74, 6) is 1.55. The molecule has 1 aromatic carbocycles. The molecule has 27 heavy (non-hydrogen) atoms. The van der Waals surface area contributed by atoms with E-state index in [1.807, 2.05) is 0 Å². The van der Waals surface area contributed by atoms with E-state index in [4.69, 9.17) is 9.73 Å². The third-order valence-corrected chi connectivity index (χ3v) is 5.68. The SMILES string of the molecule is CCNC(=NCC1CCN(c2ccc(Br)cc2)C1)NCCN1CCOCC1. The van der Waals surface area contributed by atoms with Crippen LogP contribution in [0.25, 0.3) is 0 Å². The van der Waals surface area contributed by atoms with E-state index in [2.05, 4.69) is 67.6 Å². The van der Waals surface area contributed by atoms with Crippen LogP contribution in [0.4, 0.5) is 5.69 Å². The van der Waals surface area contributed by atoms with Gasteiger partial charge in [-0.3, -0.25) is 9.89 Å². The van der Waals surface area contributed by atoms with Gasteiger partial charge in [0.05, 0.1) is 13.2 Å². The van der Waals surface area contributed by atoms with Crippen LogP contribution in [0.5, 0.6) is 0 Å². The molecule has 0 amide bonds. The van der Waals surface area contributed by atoms with Crippen molar-refractivity contribution in [2.45, 2.75) is 13.3 Å². The van der Waals surface area contributed by atoms with Gasteiger partial charge in [0.25, 0.3) is 0 Å². The number of hydrogen-bond donors (Lipinski definition) is 2. The van der Waals surface area contributed by atoms with Crippen molar-refractivity contribution in [3.8, 4) is 0 Å². The number of hydrogen-bond acceptors (Lipinski definition) is 4. The first-order valence-corrected chi connectivity index (χ1v) is 10.9. The van der Waals surface area contributed by atoms with Gasteiger partial charge >= 0.3 is 0 Å². The molecule has 1 unspecified atom stereocenters. The minimum Gasteiger partial charge on any atom is -0.379 e. The molecule has 2 aliphatic heterocycles. The van der Waals surface area contributed by atoms with Crippen molar-refractivity contribution >= 4 is 27.6 Å². The first kappa shape index (κ1) is 20.4. The van der Waals surface area contributed by atoms with Crippen LogP contribution in [0.15, 0.2) is 33.7 Å². The molecule has 6 nitrogen and oxygen atoms in total. The van der Waals surface area contributed by atoms with E-state index in [9.17, 15) is 0 Å². The Bertz CT molecular complexity index is 589. The van der Waals surface area contributed by atoms with E-state index >= 15 is 0 Å². The summed E-state index contributed by atoms with van der Waals surface area (Å²) in [5, 5.41) is 6.85. The van der Waals surface area contributed by atoms with Crippen molar-refractivity contribution in [3.63, 3.8) is 0 Å². The van der Waals surface area contributed by atoms with E-state index in [0.29, 0.717) is 5.92 Å². The van der Waals surface area contributed by atoms with Crippen molar-refractivity contribution in [3.05, 3.63) is 28.7 Å². The number of benzene rings is 1. The van der Waals surface area contributed by atoms with Gasteiger partial charge in [0, 0.05) is 62.5 Å². The lowest BCUT2D eigenvalue weighted by Gasteiger charge is -2.26. The van der Waals surface area contributed by atoms with E-state index < -0.39 is 0 Å². The van der Waals surface area contributed by atoms with E-state index in [-0.39, 0.29) is 0 Å². The molecule has 3 rings (SSSR count). The summed E-state index contributed by atoms with van der Waals surface area (Å²) in [4.78, 5) is 9.74. The van der Waals surface area contributed by atoms with Crippen LogP contribution in [0.3, 0.4) is 0 Å². The Hall–Kier alpha value is -1.31. The maximum absolute atomic E-state index is 5.40. The van der Waals surface area contributed by atoms with E-state index in [1.165, 1.54) is 12.1 Å². The standard InChI is InChI=1S/C20H32BrN5O/c1-2-22-20(23-8-10-25-11-13-27-14-12-25)24-15-17-7-9-26(16-17)19-5-3-18(21)4-6-19/h3-6,17H,2,7-16H2,1H3,(H2,22,23,24). The zero-order valence-electron chi connectivity index (χ0n) is 16.3. The minimum atomic E-state index is 0.614. The molecule has 1 aromatic rings. The highest BCUT2D eigenvalue weighted by molar-refractivity contribution is 9.10. The van der Waals surface area contributed by atoms with Crippen LogP contribution in [0, 0.1) is 5.92 Å². The summed E-state index contributed by atoms with van der Waals surface area (Å²) in [5.41, 5.74) is 1.31. The van der Waals surface area contributed by atoms with Crippen LogP contribution >= 0.6 is 15.9 Å². The number of aliphatic imine (C=N–C) groups is 1. The number of rotatable bonds is 7. The zero-order chi connectivity index (χ0) is 18.9. The van der Waals surface area contributed by atoms with Gasteiger partial charge in [0.1, 0.15) is 0 Å². The molecule has 2 saturated heterocycles. The number of nitrogens with one attached hydrogen (secondary N) is 2. The maximum Gasteiger partial charge on any atom is 0.191 e. The number of anilines is 1. The van der Waals surface area contributed by atoms with Crippen molar-refractivity contribution in [2.75, 3.05) is 70.5 Å². The van der Waals surface area contributed by atoms with Crippen molar-refractivity contribution in [1.29, 1.82) is 0 Å². The molecule has 0 radical (unpaired) electrons. The van der Waals surface area contributed by atoms with Crippen molar-refractivity contribution in [1.82, 2.24) is 15.5 Å². The Morgan fingerprint density at radius 2 is 1.96 bits per heavy atom. The molecular weight excluding hydrogens is 406 g/mol. The fourth-order valence-corrected chi connectivity index (χ4v) is 3.85. The molecule has 2 aliphatic rings. The number of ether oxygens (including phenoxy) is 1. The van der Waals surface area contributed by atoms with Crippen LogP contribution in [-0.2, 0) is 4.74 Å². The van der Waals surface area contributed by atoms with E-state index in [1.54, 1.807) is 0 Å². The summed E-state index contributed by atoms with van der Waals surface area (Å²) in [6.45, 7) is 11.8. The third kappa shape index (κ3) is 6.66. The second kappa shape index (κ2) is 10.9. The van der Waals surface area contributed by atoms with Gasteiger partial charge in [0.2, 0.25) is 0 Å². The second-order valence-corrected chi connectivity index (χ2v) is 8.09. The smallest absolute Gasteiger partial charge is 0.191 e. The van der Waals surface area contributed by atoms with Gasteiger partial charge in [-0.1, -0.05) is 15.9 Å². The highest BCUT2D eigenvalue weighted by atomic mass is 79.9. The predicted molar refractivity (Wildman–Crippen MR) is 116 cm³/mol. The molecular formula is C20H32BrN5O. The number of guanidine groups is 1. The topological polar surface area (TPSA) is 52.1 Å². The number of nitrogens with zero attached hydrogens (tertiary/aromatic N) is 3. The Labute approximate surface area is 171 Å². The average Bonchev–Trinajstić information content (AvgIpc) is 3.16. The molecule has 7 heteroatoms. The highest BCUT2D eigenvalue weighted by Crippen LogP contribution is 2.25. The van der Waals surface area contributed by atoms with E-state index in [0.717, 1.165) is 76.0 Å². The summed E-state index contributed by atoms with van der Waals surface area (Å²) >= 11 is 3.51. The highest BCUT2D eigenvalue weighted by Gasteiger charge is 2.22. The molecule has 2 heterocycles. The fourth-order valence-electron chi connectivity index (χ4n) is 3.59. The van der Waals surface area contributed by atoms with Crippen LogP contribution < -0.4 is 15.5 Å². The van der Waals surface area contributed by atoms with Gasteiger partial charge in [-0.2, -0.15) is 0 Å². The van der Waals surface area contributed by atoms with Gasteiger partial charge in [0.15, 0.2) is 5.96 Å². The summed E-state index contributed by atoms with van der Waals surface area (Å²) in [6.07, 6.45) is 1.20. The Balaban J connectivity index is 1.43. The molecule has 2 N–H and O–H groups in total. The molecule has 150 valence electrons. The first-order chi connectivity index (χ1) is 13.2. The molecule has 0 bridgehead atoms. The molecule has 0 spiro atoms.